The smallest absolute Gasteiger partial charge is 0.190 e. The highest BCUT2D eigenvalue weighted by molar-refractivity contribution is 5.79. The standard InChI is InChI=1S/C14H29N3/c1-12(2)11-17-14(15-3)16-10-6-9-13-7-4-5-8-13/h12-13H,4-11H2,1-3H3,(H2,15,16,17). The van der Waals surface area contributed by atoms with Gasteiger partial charge in [0, 0.05) is 20.1 Å². The molecule has 0 amide bonds. The summed E-state index contributed by atoms with van der Waals surface area (Å²) in [5.74, 6) is 2.61. The van der Waals surface area contributed by atoms with Crippen LogP contribution >= 0.6 is 0 Å². The van der Waals surface area contributed by atoms with Crippen LogP contribution in [0.5, 0.6) is 0 Å². The van der Waals surface area contributed by atoms with Crippen molar-refractivity contribution < 1.29 is 0 Å². The van der Waals surface area contributed by atoms with Crippen molar-refractivity contribution in [3.05, 3.63) is 0 Å². The number of aliphatic imine (C=N–C) groups is 1. The molecule has 1 rings (SSSR count). The molecule has 17 heavy (non-hydrogen) atoms. The molecule has 0 radical (unpaired) electrons. The Hall–Kier alpha value is -0.730. The molecular weight excluding hydrogens is 210 g/mol. The number of nitrogens with one attached hydrogen (secondary N) is 2. The monoisotopic (exact) mass is 239 g/mol. The Kier molecular flexibility index (Phi) is 7.06. The van der Waals surface area contributed by atoms with Crippen LogP contribution in [-0.2, 0) is 0 Å². The molecule has 3 nitrogen and oxygen atoms in total. The molecule has 0 bridgehead atoms. The van der Waals surface area contributed by atoms with Crippen LogP contribution in [0.15, 0.2) is 4.99 Å². The molecule has 1 aliphatic rings. The first-order valence-corrected chi connectivity index (χ1v) is 7.17. The van der Waals surface area contributed by atoms with E-state index in [-0.39, 0.29) is 0 Å². The van der Waals surface area contributed by atoms with Gasteiger partial charge in [-0.25, -0.2) is 0 Å². The average molecular weight is 239 g/mol. The second-order valence-corrected chi connectivity index (χ2v) is 5.57. The normalized spacial score (nSPS) is 17.8. The number of nitrogens with zero attached hydrogens (tertiary/aromatic N) is 1. The van der Waals surface area contributed by atoms with Gasteiger partial charge in [0.05, 0.1) is 0 Å². The van der Waals surface area contributed by atoms with E-state index in [0.717, 1.165) is 25.0 Å². The van der Waals surface area contributed by atoms with Crippen molar-refractivity contribution in [1.82, 2.24) is 10.6 Å². The van der Waals surface area contributed by atoms with E-state index < -0.39 is 0 Å². The zero-order valence-corrected chi connectivity index (χ0v) is 11.8. The number of hydrogen-bond acceptors (Lipinski definition) is 1. The summed E-state index contributed by atoms with van der Waals surface area (Å²) < 4.78 is 0. The molecule has 3 heteroatoms. The number of guanidine groups is 1. The fraction of sp³-hybridized carbons (Fsp3) is 0.929. The second-order valence-electron chi connectivity index (χ2n) is 5.57. The van der Waals surface area contributed by atoms with Crippen molar-refractivity contribution in [3.8, 4) is 0 Å². The lowest BCUT2D eigenvalue weighted by atomic mass is 10.0. The van der Waals surface area contributed by atoms with Crippen LogP contribution < -0.4 is 10.6 Å². The van der Waals surface area contributed by atoms with Gasteiger partial charge < -0.3 is 10.6 Å². The largest absolute Gasteiger partial charge is 0.356 e. The highest BCUT2D eigenvalue weighted by Gasteiger charge is 2.13. The Bertz CT molecular complexity index is 218. The van der Waals surface area contributed by atoms with Crippen molar-refractivity contribution in [2.75, 3.05) is 20.1 Å². The molecule has 100 valence electrons. The highest BCUT2D eigenvalue weighted by Crippen LogP contribution is 2.28. The van der Waals surface area contributed by atoms with Crippen molar-refractivity contribution in [2.45, 2.75) is 52.4 Å². The zero-order valence-electron chi connectivity index (χ0n) is 11.8. The van der Waals surface area contributed by atoms with E-state index in [0.29, 0.717) is 5.92 Å². The Morgan fingerprint density at radius 2 is 1.94 bits per heavy atom. The van der Waals surface area contributed by atoms with Crippen molar-refractivity contribution in [3.63, 3.8) is 0 Å². The van der Waals surface area contributed by atoms with E-state index in [4.69, 9.17) is 0 Å². The lowest BCUT2D eigenvalue weighted by molar-refractivity contribution is 0.481. The summed E-state index contributed by atoms with van der Waals surface area (Å²) in [6, 6.07) is 0. The molecule has 0 aromatic carbocycles. The van der Waals surface area contributed by atoms with Gasteiger partial charge in [-0.2, -0.15) is 0 Å². The Morgan fingerprint density at radius 3 is 2.53 bits per heavy atom. The Morgan fingerprint density at radius 1 is 1.24 bits per heavy atom. The Labute approximate surface area is 106 Å². The first kappa shape index (κ1) is 14.3. The lowest BCUT2D eigenvalue weighted by Crippen LogP contribution is -2.39. The Balaban J connectivity index is 2.02. The molecule has 0 aromatic rings. The average Bonchev–Trinajstić information content (AvgIpc) is 2.81. The van der Waals surface area contributed by atoms with Crippen molar-refractivity contribution in [2.24, 2.45) is 16.8 Å². The molecule has 1 aliphatic carbocycles. The molecule has 0 unspecified atom stereocenters. The molecule has 2 N–H and O–H groups in total. The van der Waals surface area contributed by atoms with Gasteiger partial charge in [0.1, 0.15) is 0 Å². The fourth-order valence-electron chi connectivity index (χ4n) is 2.42. The van der Waals surface area contributed by atoms with E-state index >= 15 is 0 Å². The number of hydrogen-bond donors (Lipinski definition) is 2. The topological polar surface area (TPSA) is 36.4 Å². The minimum Gasteiger partial charge on any atom is -0.356 e. The SMILES string of the molecule is CN=C(NCCCC1CCCC1)NCC(C)C. The minimum atomic E-state index is 0.659. The van der Waals surface area contributed by atoms with Crippen LogP contribution in [0.2, 0.25) is 0 Å². The predicted octanol–water partition coefficient (Wildman–Crippen LogP) is 2.78. The summed E-state index contributed by atoms with van der Waals surface area (Å²) in [6.45, 7) is 6.46. The minimum absolute atomic E-state index is 0.659. The molecule has 0 spiro atoms. The summed E-state index contributed by atoms with van der Waals surface area (Å²) in [5.41, 5.74) is 0. The predicted molar refractivity (Wildman–Crippen MR) is 75.4 cm³/mol. The van der Waals surface area contributed by atoms with Gasteiger partial charge in [0.15, 0.2) is 5.96 Å². The molecule has 0 aliphatic heterocycles. The molecule has 0 saturated heterocycles. The van der Waals surface area contributed by atoms with E-state index in [2.05, 4.69) is 29.5 Å². The fourth-order valence-corrected chi connectivity index (χ4v) is 2.42. The van der Waals surface area contributed by atoms with Crippen molar-refractivity contribution >= 4 is 5.96 Å². The third-order valence-corrected chi connectivity index (χ3v) is 3.46. The maximum Gasteiger partial charge on any atom is 0.190 e. The molecular formula is C14H29N3. The molecule has 1 saturated carbocycles. The van der Waals surface area contributed by atoms with Crippen LogP contribution in [-0.4, -0.2) is 26.1 Å². The molecule has 1 fully saturated rings. The molecule has 0 atom stereocenters. The van der Waals surface area contributed by atoms with Gasteiger partial charge in [-0.3, -0.25) is 4.99 Å². The first-order valence-electron chi connectivity index (χ1n) is 7.17. The maximum absolute atomic E-state index is 4.22. The van der Waals surface area contributed by atoms with Gasteiger partial charge in [-0.15, -0.1) is 0 Å². The van der Waals surface area contributed by atoms with Crippen LogP contribution in [0.1, 0.15) is 52.4 Å². The highest BCUT2D eigenvalue weighted by atomic mass is 15.2. The third-order valence-electron chi connectivity index (χ3n) is 3.46. The van der Waals surface area contributed by atoms with Crippen LogP contribution in [0, 0.1) is 11.8 Å². The summed E-state index contributed by atoms with van der Waals surface area (Å²) in [5, 5.41) is 6.72. The van der Waals surface area contributed by atoms with E-state index in [1.54, 1.807) is 0 Å². The van der Waals surface area contributed by atoms with Crippen molar-refractivity contribution in [1.29, 1.82) is 0 Å². The summed E-state index contributed by atoms with van der Waals surface area (Å²) in [4.78, 5) is 4.22. The van der Waals surface area contributed by atoms with Crippen LogP contribution in [0.25, 0.3) is 0 Å². The first-order chi connectivity index (χ1) is 8.22. The molecule has 0 heterocycles. The van der Waals surface area contributed by atoms with Crippen LogP contribution in [0.3, 0.4) is 0 Å². The summed E-state index contributed by atoms with van der Waals surface area (Å²) in [7, 11) is 1.84. The quantitative estimate of drug-likeness (QED) is 0.425. The summed E-state index contributed by atoms with van der Waals surface area (Å²) in [6.07, 6.45) is 8.48. The van der Waals surface area contributed by atoms with E-state index in [1.807, 2.05) is 7.05 Å². The van der Waals surface area contributed by atoms with Gasteiger partial charge in [-0.1, -0.05) is 39.5 Å². The molecule has 0 aromatic heterocycles. The van der Waals surface area contributed by atoms with E-state index in [1.165, 1.54) is 38.5 Å². The van der Waals surface area contributed by atoms with Gasteiger partial charge >= 0.3 is 0 Å². The maximum atomic E-state index is 4.22. The third kappa shape index (κ3) is 6.54. The van der Waals surface area contributed by atoms with Gasteiger partial charge in [-0.05, 0) is 24.7 Å². The number of rotatable bonds is 6. The lowest BCUT2D eigenvalue weighted by Gasteiger charge is -2.14. The zero-order chi connectivity index (χ0) is 12.5. The van der Waals surface area contributed by atoms with Gasteiger partial charge in [0.25, 0.3) is 0 Å². The summed E-state index contributed by atoms with van der Waals surface area (Å²) >= 11 is 0. The van der Waals surface area contributed by atoms with Crippen LogP contribution in [0.4, 0.5) is 0 Å². The second kappa shape index (κ2) is 8.37. The van der Waals surface area contributed by atoms with Gasteiger partial charge in [0.2, 0.25) is 0 Å². The van der Waals surface area contributed by atoms with E-state index in [9.17, 15) is 0 Å².